The smallest absolute Gasteiger partial charge is 0.335 e. The third kappa shape index (κ3) is 8.83. The van der Waals surface area contributed by atoms with Crippen molar-refractivity contribution in [3.63, 3.8) is 0 Å². The van der Waals surface area contributed by atoms with Crippen molar-refractivity contribution < 1.29 is 15.0 Å². The van der Waals surface area contributed by atoms with Gasteiger partial charge < -0.3 is 10.2 Å². The number of aromatic carboxylic acids is 1. The molecular formula is C19H30O3. The highest BCUT2D eigenvalue weighted by molar-refractivity contribution is 5.87. The van der Waals surface area contributed by atoms with E-state index in [1.54, 1.807) is 12.1 Å². The minimum atomic E-state index is -0.858. The first-order chi connectivity index (χ1) is 10.7. The van der Waals surface area contributed by atoms with Crippen LogP contribution in [0.3, 0.4) is 0 Å². The number of aliphatic hydroxyl groups is 1. The monoisotopic (exact) mass is 306 g/mol. The zero-order valence-corrected chi connectivity index (χ0v) is 13.6. The lowest BCUT2D eigenvalue weighted by molar-refractivity contribution is 0.0697. The fourth-order valence-electron chi connectivity index (χ4n) is 2.67. The van der Waals surface area contributed by atoms with E-state index in [-0.39, 0.29) is 0 Å². The summed E-state index contributed by atoms with van der Waals surface area (Å²) in [7, 11) is 0. The fraction of sp³-hybridized carbons (Fsp3) is 0.632. The number of hydrogen-bond donors (Lipinski definition) is 2. The summed E-state index contributed by atoms with van der Waals surface area (Å²) in [6.45, 7) is 0.332. The molecule has 0 fully saturated rings. The topological polar surface area (TPSA) is 57.5 Å². The van der Waals surface area contributed by atoms with Crippen LogP contribution in [-0.4, -0.2) is 22.8 Å². The van der Waals surface area contributed by atoms with Crippen LogP contribution < -0.4 is 0 Å². The van der Waals surface area contributed by atoms with Crippen molar-refractivity contribution in [1.29, 1.82) is 0 Å². The van der Waals surface area contributed by atoms with Crippen LogP contribution in [-0.2, 0) is 6.42 Å². The maximum atomic E-state index is 10.8. The van der Waals surface area contributed by atoms with Crippen molar-refractivity contribution in [1.82, 2.24) is 0 Å². The third-order valence-corrected chi connectivity index (χ3v) is 4.07. The molecule has 0 aliphatic heterocycles. The van der Waals surface area contributed by atoms with E-state index in [1.165, 1.54) is 56.9 Å². The van der Waals surface area contributed by atoms with Crippen molar-refractivity contribution >= 4 is 5.97 Å². The van der Waals surface area contributed by atoms with Crippen LogP contribution in [0, 0.1) is 0 Å². The van der Waals surface area contributed by atoms with E-state index in [0.717, 1.165) is 19.3 Å². The van der Waals surface area contributed by atoms with Crippen LogP contribution in [0.15, 0.2) is 24.3 Å². The van der Waals surface area contributed by atoms with E-state index in [4.69, 9.17) is 10.2 Å². The molecule has 0 saturated heterocycles. The molecule has 0 radical (unpaired) electrons. The van der Waals surface area contributed by atoms with E-state index in [2.05, 4.69) is 0 Å². The molecule has 3 nitrogen and oxygen atoms in total. The molecule has 22 heavy (non-hydrogen) atoms. The summed E-state index contributed by atoms with van der Waals surface area (Å²) >= 11 is 0. The number of unbranched alkanes of at least 4 members (excludes halogenated alkanes) is 9. The number of carboxylic acids is 1. The molecule has 124 valence electrons. The van der Waals surface area contributed by atoms with Gasteiger partial charge in [-0.2, -0.15) is 0 Å². The molecule has 0 atom stereocenters. The molecule has 0 saturated carbocycles. The van der Waals surface area contributed by atoms with Crippen LogP contribution in [0.4, 0.5) is 0 Å². The average Bonchev–Trinajstić information content (AvgIpc) is 2.53. The van der Waals surface area contributed by atoms with E-state index < -0.39 is 5.97 Å². The first-order valence-corrected chi connectivity index (χ1v) is 8.67. The molecule has 0 aliphatic carbocycles. The van der Waals surface area contributed by atoms with Crippen LogP contribution in [0.5, 0.6) is 0 Å². The third-order valence-electron chi connectivity index (χ3n) is 4.07. The molecule has 0 aliphatic rings. The summed E-state index contributed by atoms with van der Waals surface area (Å²) in [4.78, 5) is 10.8. The van der Waals surface area contributed by atoms with Crippen LogP contribution >= 0.6 is 0 Å². The molecular weight excluding hydrogens is 276 g/mol. The summed E-state index contributed by atoms with van der Waals surface area (Å²) in [5.41, 5.74) is 1.59. The minimum Gasteiger partial charge on any atom is -0.478 e. The Kier molecular flexibility index (Phi) is 10.4. The number of benzene rings is 1. The van der Waals surface area contributed by atoms with Gasteiger partial charge in [0.15, 0.2) is 0 Å². The van der Waals surface area contributed by atoms with E-state index in [9.17, 15) is 4.79 Å². The minimum absolute atomic E-state index is 0.332. The van der Waals surface area contributed by atoms with Gasteiger partial charge in [0.05, 0.1) is 5.56 Å². The van der Waals surface area contributed by atoms with E-state index in [1.807, 2.05) is 12.1 Å². The van der Waals surface area contributed by atoms with Gasteiger partial charge in [-0.3, -0.25) is 0 Å². The molecule has 0 amide bonds. The number of rotatable bonds is 13. The maximum absolute atomic E-state index is 10.8. The quantitative estimate of drug-likeness (QED) is 0.514. The normalized spacial score (nSPS) is 10.8. The van der Waals surface area contributed by atoms with Gasteiger partial charge in [-0.25, -0.2) is 4.79 Å². The SMILES string of the molecule is O=C(O)c1ccc(CCCCCCCCCCCCO)cc1. The van der Waals surface area contributed by atoms with Crippen LogP contribution in [0.1, 0.15) is 80.1 Å². The van der Waals surface area contributed by atoms with Crippen molar-refractivity contribution in [2.24, 2.45) is 0 Å². The highest BCUT2D eigenvalue weighted by atomic mass is 16.4. The zero-order chi connectivity index (χ0) is 16.0. The molecule has 0 aromatic heterocycles. The number of carboxylic acid groups (broad SMARTS) is 1. The molecule has 1 aromatic carbocycles. The molecule has 1 rings (SSSR count). The van der Waals surface area contributed by atoms with Gasteiger partial charge in [-0.1, -0.05) is 63.5 Å². The van der Waals surface area contributed by atoms with Gasteiger partial charge >= 0.3 is 5.97 Å². The Labute approximate surface area is 134 Å². The highest BCUT2D eigenvalue weighted by Gasteiger charge is 2.01. The largest absolute Gasteiger partial charge is 0.478 e. The highest BCUT2D eigenvalue weighted by Crippen LogP contribution is 2.13. The summed E-state index contributed by atoms with van der Waals surface area (Å²) in [5, 5.41) is 17.5. The summed E-state index contributed by atoms with van der Waals surface area (Å²) in [6, 6.07) is 7.23. The second-order valence-electron chi connectivity index (χ2n) is 6.01. The Morgan fingerprint density at radius 3 is 1.64 bits per heavy atom. The Morgan fingerprint density at radius 1 is 0.727 bits per heavy atom. The van der Waals surface area contributed by atoms with Gasteiger partial charge in [0.25, 0.3) is 0 Å². The molecule has 2 N–H and O–H groups in total. The summed E-state index contributed by atoms with van der Waals surface area (Å²) in [6.07, 6.45) is 13.4. The molecule has 0 spiro atoms. The second kappa shape index (κ2) is 12.2. The average molecular weight is 306 g/mol. The van der Waals surface area contributed by atoms with E-state index >= 15 is 0 Å². The Morgan fingerprint density at radius 2 is 1.18 bits per heavy atom. The zero-order valence-electron chi connectivity index (χ0n) is 13.6. The van der Waals surface area contributed by atoms with Gasteiger partial charge in [-0.05, 0) is 37.0 Å². The Balaban J connectivity index is 1.94. The summed E-state index contributed by atoms with van der Waals surface area (Å²) in [5.74, 6) is -0.858. The first kappa shape index (κ1) is 18.7. The van der Waals surface area contributed by atoms with Crippen molar-refractivity contribution in [2.75, 3.05) is 6.61 Å². The lowest BCUT2D eigenvalue weighted by Gasteiger charge is -2.04. The van der Waals surface area contributed by atoms with E-state index in [0.29, 0.717) is 12.2 Å². The van der Waals surface area contributed by atoms with Crippen LogP contribution in [0.25, 0.3) is 0 Å². The molecule has 1 aromatic rings. The molecule has 0 heterocycles. The van der Waals surface area contributed by atoms with Gasteiger partial charge in [0.2, 0.25) is 0 Å². The molecule has 3 heteroatoms. The number of carbonyl (C=O) groups is 1. The van der Waals surface area contributed by atoms with Crippen LogP contribution in [0.2, 0.25) is 0 Å². The van der Waals surface area contributed by atoms with Crippen molar-refractivity contribution in [3.8, 4) is 0 Å². The number of aryl methyl sites for hydroxylation is 1. The number of aliphatic hydroxyl groups excluding tert-OH is 1. The van der Waals surface area contributed by atoms with Crippen molar-refractivity contribution in [2.45, 2.75) is 70.6 Å². The summed E-state index contributed by atoms with van der Waals surface area (Å²) < 4.78 is 0. The lowest BCUT2D eigenvalue weighted by atomic mass is 10.0. The molecule has 0 unspecified atom stereocenters. The van der Waals surface area contributed by atoms with Gasteiger partial charge in [-0.15, -0.1) is 0 Å². The maximum Gasteiger partial charge on any atom is 0.335 e. The Bertz CT molecular complexity index is 398. The van der Waals surface area contributed by atoms with Crippen molar-refractivity contribution in [3.05, 3.63) is 35.4 Å². The predicted molar refractivity (Wildman–Crippen MR) is 90.4 cm³/mol. The predicted octanol–water partition coefficient (Wildman–Crippen LogP) is 4.82. The Hall–Kier alpha value is -1.35. The second-order valence-corrected chi connectivity index (χ2v) is 6.01. The number of hydrogen-bond acceptors (Lipinski definition) is 2. The lowest BCUT2D eigenvalue weighted by Crippen LogP contribution is -1.96. The molecule has 0 bridgehead atoms. The van der Waals surface area contributed by atoms with Gasteiger partial charge in [0, 0.05) is 6.61 Å². The fourth-order valence-corrected chi connectivity index (χ4v) is 2.67. The van der Waals surface area contributed by atoms with Gasteiger partial charge in [0.1, 0.15) is 0 Å². The standard InChI is InChI=1S/C19H30O3/c20-16-10-8-6-4-2-1-3-5-7-9-11-17-12-14-18(15-13-17)19(21)22/h12-15,20H,1-11,16H2,(H,21,22). The first-order valence-electron chi connectivity index (χ1n) is 8.67.